The predicted molar refractivity (Wildman–Crippen MR) is 239 cm³/mol. The molecular weight excluding hydrogens is 717 g/mol. The molecule has 0 unspecified atom stereocenters. The Hall–Kier alpha value is -4.77. The summed E-state index contributed by atoms with van der Waals surface area (Å²) in [5, 5.41) is 17.4. The van der Waals surface area contributed by atoms with Gasteiger partial charge in [0.05, 0.1) is 0 Å². The van der Waals surface area contributed by atoms with Crippen LogP contribution in [0.25, 0.3) is 98.0 Å². The molecule has 10 aromatic carbocycles. The second kappa shape index (κ2) is 11.4. The van der Waals surface area contributed by atoms with Crippen LogP contribution in [0.3, 0.4) is 0 Å². The van der Waals surface area contributed by atoms with Gasteiger partial charge in [-0.3, -0.25) is 0 Å². The van der Waals surface area contributed by atoms with Crippen LogP contribution in [0.4, 0.5) is 0 Å². The third kappa shape index (κ3) is 4.99. The number of rotatable bonds is 6. The predicted octanol–water partition coefficient (Wildman–Crippen LogP) is 12.7. The Morgan fingerprint density at radius 3 is 0.759 bits per heavy atom. The molecule has 0 aromatic heterocycles. The SMILES string of the molecule is CP(C)(=O)c1ccc(-c2cc3ccc4c(-c5ccc(P(C)(C)=O)cc5)cc5ccc6c(-c7ccc(P(C)(C)=O)cc7)cc7ccc2c2c7c6c5c4c32)cc1. The van der Waals surface area contributed by atoms with Crippen molar-refractivity contribution in [2.75, 3.05) is 40.0 Å². The van der Waals surface area contributed by atoms with E-state index >= 15 is 0 Å². The van der Waals surface area contributed by atoms with Gasteiger partial charge in [0, 0.05) is 15.9 Å². The summed E-state index contributed by atoms with van der Waals surface area (Å²) < 4.78 is 38.8. The first kappa shape index (κ1) is 33.8. The first-order chi connectivity index (χ1) is 25.7. The van der Waals surface area contributed by atoms with E-state index in [1.165, 1.54) is 64.6 Å². The second-order valence-corrected chi connectivity index (χ2v) is 25.9. The molecule has 0 atom stereocenters. The molecule has 6 heteroatoms. The van der Waals surface area contributed by atoms with Gasteiger partial charge in [0.25, 0.3) is 0 Å². The van der Waals surface area contributed by atoms with Gasteiger partial charge in [-0.05, 0) is 156 Å². The Bertz CT molecular complexity index is 2890. The molecule has 0 aliphatic heterocycles. The lowest BCUT2D eigenvalue weighted by Crippen LogP contribution is -2.02. The van der Waals surface area contributed by atoms with E-state index < -0.39 is 21.4 Å². The summed E-state index contributed by atoms with van der Waals surface area (Å²) in [6.07, 6.45) is 0. The van der Waals surface area contributed by atoms with Crippen molar-refractivity contribution in [1.82, 2.24) is 0 Å². The van der Waals surface area contributed by atoms with E-state index in [9.17, 15) is 13.7 Å². The van der Waals surface area contributed by atoms with Crippen molar-refractivity contribution in [3.8, 4) is 33.4 Å². The topological polar surface area (TPSA) is 51.2 Å². The third-order valence-corrected chi connectivity index (χ3v) is 16.3. The molecule has 3 nitrogen and oxygen atoms in total. The lowest BCUT2D eigenvalue weighted by atomic mass is 9.78. The molecule has 54 heavy (non-hydrogen) atoms. The maximum atomic E-state index is 12.9. The summed E-state index contributed by atoms with van der Waals surface area (Å²) in [5.41, 5.74) is 6.80. The molecule has 0 radical (unpaired) electrons. The van der Waals surface area contributed by atoms with Crippen molar-refractivity contribution in [3.05, 3.63) is 127 Å². The first-order valence-electron chi connectivity index (χ1n) is 18.3. The molecule has 0 amide bonds. The van der Waals surface area contributed by atoms with Gasteiger partial charge in [0.1, 0.15) is 21.4 Å². The Labute approximate surface area is 315 Å². The van der Waals surface area contributed by atoms with Gasteiger partial charge in [-0.25, -0.2) is 0 Å². The molecule has 264 valence electrons. The molecule has 10 aromatic rings. The van der Waals surface area contributed by atoms with E-state index in [1.807, 2.05) is 76.4 Å². The van der Waals surface area contributed by atoms with Crippen molar-refractivity contribution >= 4 is 102 Å². The molecule has 0 saturated carbocycles. The average Bonchev–Trinajstić information content (AvgIpc) is 3.15. The van der Waals surface area contributed by atoms with Crippen LogP contribution in [0.5, 0.6) is 0 Å². The van der Waals surface area contributed by atoms with Gasteiger partial charge in [-0.2, -0.15) is 0 Å². The molecule has 0 N–H and O–H groups in total. The van der Waals surface area contributed by atoms with Crippen LogP contribution in [0, 0.1) is 0 Å². The van der Waals surface area contributed by atoms with Crippen LogP contribution in [-0.4, -0.2) is 40.0 Å². The van der Waals surface area contributed by atoms with Gasteiger partial charge in [0.2, 0.25) is 0 Å². The fourth-order valence-corrected chi connectivity index (χ4v) is 11.5. The maximum absolute atomic E-state index is 12.9. The summed E-state index contributed by atoms with van der Waals surface area (Å²) in [5.74, 6) is 0. The van der Waals surface area contributed by atoms with Gasteiger partial charge < -0.3 is 13.7 Å². The molecule has 0 bridgehead atoms. The number of hydrogen-bond acceptors (Lipinski definition) is 3. The lowest BCUT2D eigenvalue weighted by molar-refractivity contribution is 0.587. The second-order valence-electron chi connectivity index (χ2n) is 16.2. The van der Waals surface area contributed by atoms with E-state index in [1.54, 1.807) is 0 Å². The molecule has 0 saturated heterocycles. The van der Waals surface area contributed by atoms with E-state index in [0.29, 0.717) is 0 Å². The number of benzene rings is 10. The summed E-state index contributed by atoms with van der Waals surface area (Å²) in [6.45, 7) is 10.9. The van der Waals surface area contributed by atoms with Crippen molar-refractivity contribution in [1.29, 1.82) is 0 Å². The monoisotopic (exact) mass is 756 g/mol. The van der Waals surface area contributed by atoms with E-state index in [0.717, 1.165) is 49.3 Å². The van der Waals surface area contributed by atoms with E-state index in [2.05, 4.69) is 91.0 Å². The highest BCUT2D eigenvalue weighted by Crippen LogP contribution is 2.53. The molecule has 0 fully saturated rings. The minimum absolute atomic E-state index is 0.884. The number of hydrogen-bond donors (Lipinski definition) is 0. The summed E-state index contributed by atoms with van der Waals surface area (Å²) >= 11 is 0. The maximum Gasteiger partial charge on any atom is 0.109 e. The highest BCUT2D eigenvalue weighted by molar-refractivity contribution is 7.70. The summed E-state index contributed by atoms with van der Waals surface area (Å²) in [7, 11) is -7.18. The van der Waals surface area contributed by atoms with Gasteiger partial charge in [0.15, 0.2) is 0 Å². The van der Waals surface area contributed by atoms with Crippen LogP contribution in [-0.2, 0) is 13.7 Å². The van der Waals surface area contributed by atoms with Gasteiger partial charge in [-0.1, -0.05) is 109 Å². The third-order valence-electron chi connectivity index (χ3n) is 11.6. The van der Waals surface area contributed by atoms with Crippen LogP contribution >= 0.6 is 21.4 Å². The van der Waals surface area contributed by atoms with Crippen molar-refractivity contribution in [3.63, 3.8) is 0 Å². The molecule has 10 rings (SSSR count). The summed E-state index contributed by atoms with van der Waals surface area (Å²) in [6, 6.07) is 45.6. The van der Waals surface area contributed by atoms with Crippen molar-refractivity contribution < 1.29 is 13.7 Å². The van der Waals surface area contributed by atoms with E-state index in [-0.39, 0.29) is 0 Å². The first-order valence-corrected chi connectivity index (χ1v) is 26.1. The quantitative estimate of drug-likeness (QED) is 0.0964. The fraction of sp³-hybridized carbons (Fsp3) is 0.125. The van der Waals surface area contributed by atoms with Crippen LogP contribution in [0.15, 0.2) is 127 Å². The molecular formula is C48H39O3P3. The highest BCUT2D eigenvalue weighted by Gasteiger charge is 2.25. The average molecular weight is 757 g/mol. The zero-order chi connectivity index (χ0) is 37.5. The molecule has 0 spiro atoms. The lowest BCUT2D eigenvalue weighted by Gasteiger charge is -2.25. The van der Waals surface area contributed by atoms with Gasteiger partial charge >= 0.3 is 0 Å². The zero-order valence-electron chi connectivity index (χ0n) is 31.2. The van der Waals surface area contributed by atoms with Crippen molar-refractivity contribution in [2.24, 2.45) is 0 Å². The highest BCUT2D eigenvalue weighted by atomic mass is 31.2. The minimum atomic E-state index is -2.39. The Morgan fingerprint density at radius 2 is 0.537 bits per heavy atom. The van der Waals surface area contributed by atoms with E-state index in [4.69, 9.17) is 0 Å². The van der Waals surface area contributed by atoms with Crippen LogP contribution in [0.1, 0.15) is 0 Å². The van der Waals surface area contributed by atoms with Crippen LogP contribution in [0.2, 0.25) is 0 Å². The Morgan fingerprint density at radius 1 is 0.296 bits per heavy atom. The molecule has 0 aliphatic rings. The van der Waals surface area contributed by atoms with Crippen molar-refractivity contribution in [2.45, 2.75) is 0 Å². The molecule has 0 aliphatic carbocycles. The standard InChI is InChI=1S/C48H39O3P3/c1-52(2,49)34-16-7-28(8-17-34)40-25-31-14-23-38-42(30-11-20-36(21-12-30)54(5,6)51)27-33-15-24-39-41(29-9-18-35(19-10-29)53(3,4)50)26-32-13-22-37(40)46-43(31)47(38)45(33)48(39)44(32)46/h7-27H,1-6H3. The minimum Gasteiger partial charge on any atom is -0.319 e. The fourth-order valence-electron chi connectivity index (χ4n) is 8.89. The normalized spacial score (nSPS) is 13.2. The van der Waals surface area contributed by atoms with Gasteiger partial charge in [-0.15, -0.1) is 0 Å². The Kier molecular flexibility index (Phi) is 7.12. The van der Waals surface area contributed by atoms with Crippen LogP contribution < -0.4 is 15.9 Å². The summed E-state index contributed by atoms with van der Waals surface area (Å²) in [4.78, 5) is 0. The zero-order valence-corrected chi connectivity index (χ0v) is 33.9. The largest absolute Gasteiger partial charge is 0.319 e. The Balaban J connectivity index is 1.35. The smallest absolute Gasteiger partial charge is 0.109 e. The molecule has 0 heterocycles.